The Hall–Kier alpha value is -2.89. The van der Waals surface area contributed by atoms with Gasteiger partial charge in [0.1, 0.15) is 17.2 Å². The number of non-ortho nitro benzene ring substituents is 1. The number of carboxylic acid groups (broad SMARTS) is 1. The third-order valence-electron chi connectivity index (χ3n) is 5.53. The molecule has 1 aromatic rings. The highest BCUT2D eigenvalue weighted by atomic mass is 32.2. The summed E-state index contributed by atoms with van der Waals surface area (Å²) in [6.07, 6.45) is 0.545. The molecule has 1 fully saturated rings. The van der Waals surface area contributed by atoms with Gasteiger partial charge in [0.05, 0.1) is 9.82 Å². The van der Waals surface area contributed by atoms with E-state index in [1.54, 1.807) is 0 Å². The standard InChI is InChI=1S/C19H28N6O6S/c1-14(2)9-11-24(32(30,31)17-7-5-16(6-8-17)25(28)29)18-13-23(19(26)27)12-15(18)4-3-10-21-22-20/h5-8,14-15,18,20H,3-4,9-13H2,1-2H3/p+1/t15-,18-/m1/s1. The molecular formula is C19H29N6O6S+. The molecule has 0 saturated carbocycles. The van der Waals surface area contributed by atoms with Gasteiger partial charge < -0.3 is 10.0 Å². The summed E-state index contributed by atoms with van der Waals surface area (Å²) in [6, 6.07) is 4.15. The number of rotatable bonds is 11. The van der Waals surface area contributed by atoms with Gasteiger partial charge in [0.25, 0.3) is 5.69 Å². The van der Waals surface area contributed by atoms with E-state index in [1.807, 2.05) is 13.8 Å². The van der Waals surface area contributed by atoms with Gasteiger partial charge in [-0.2, -0.15) is 4.31 Å². The number of likely N-dealkylation sites (tertiary alicyclic amines) is 1. The SMILES string of the molecule is CC(C)CCN([C@@H]1CN(C(=O)O)C[C@H]1CCCN=[N+]=N)S(=O)(=O)c1ccc([N+](=O)[O-])cc1. The van der Waals surface area contributed by atoms with Crippen molar-refractivity contribution in [3.63, 3.8) is 0 Å². The summed E-state index contributed by atoms with van der Waals surface area (Å²) >= 11 is 0. The zero-order valence-corrected chi connectivity index (χ0v) is 18.9. The summed E-state index contributed by atoms with van der Waals surface area (Å²) in [4.78, 5) is 26.1. The highest BCUT2D eigenvalue weighted by molar-refractivity contribution is 7.89. The van der Waals surface area contributed by atoms with Crippen molar-refractivity contribution in [1.82, 2.24) is 14.1 Å². The fourth-order valence-electron chi connectivity index (χ4n) is 3.82. The van der Waals surface area contributed by atoms with Crippen molar-refractivity contribution in [3.05, 3.63) is 34.4 Å². The molecule has 1 saturated heterocycles. The van der Waals surface area contributed by atoms with Crippen molar-refractivity contribution in [3.8, 4) is 0 Å². The molecule has 1 amide bonds. The number of nitro benzene ring substituents is 1. The Bertz CT molecular complexity index is 961. The van der Waals surface area contributed by atoms with Gasteiger partial charge in [-0.25, -0.2) is 13.2 Å². The Morgan fingerprint density at radius 1 is 1.38 bits per heavy atom. The smallest absolute Gasteiger partial charge is 0.407 e. The maximum atomic E-state index is 13.5. The van der Waals surface area contributed by atoms with Crippen LogP contribution in [0.5, 0.6) is 0 Å². The Balaban J connectivity index is 2.39. The zero-order chi connectivity index (χ0) is 23.9. The predicted octanol–water partition coefficient (Wildman–Crippen LogP) is 2.94. The molecule has 0 bridgehead atoms. The van der Waals surface area contributed by atoms with Crippen molar-refractivity contribution < 1.29 is 23.2 Å². The molecule has 0 radical (unpaired) electrons. The normalized spacial score (nSPS) is 18.7. The molecule has 2 atom stereocenters. The van der Waals surface area contributed by atoms with E-state index < -0.39 is 27.1 Å². The average molecular weight is 470 g/mol. The minimum absolute atomic E-state index is 0.0459. The first-order valence-electron chi connectivity index (χ1n) is 10.3. The molecule has 1 aliphatic rings. The fourth-order valence-corrected chi connectivity index (χ4v) is 5.51. The number of amides is 1. The van der Waals surface area contributed by atoms with E-state index in [9.17, 15) is 28.4 Å². The lowest BCUT2D eigenvalue weighted by Crippen LogP contribution is -2.46. The lowest BCUT2D eigenvalue weighted by atomic mass is 9.97. The third kappa shape index (κ3) is 6.31. The van der Waals surface area contributed by atoms with Crippen LogP contribution in [0.25, 0.3) is 0 Å². The van der Waals surface area contributed by atoms with Crippen LogP contribution in [0.4, 0.5) is 10.5 Å². The molecule has 2 N–H and O–H groups in total. The maximum Gasteiger partial charge on any atom is 0.407 e. The van der Waals surface area contributed by atoms with Gasteiger partial charge in [0.15, 0.2) is 0 Å². The van der Waals surface area contributed by atoms with E-state index in [2.05, 4.69) is 10.0 Å². The van der Waals surface area contributed by atoms with Crippen molar-refractivity contribution in [2.45, 2.75) is 44.0 Å². The number of nitro groups is 1. The quantitative estimate of drug-likeness (QED) is 0.166. The van der Waals surface area contributed by atoms with E-state index in [1.165, 1.54) is 21.3 Å². The fraction of sp³-hybridized carbons (Fsp3) is 0.632. The second-order valence-electron chi connectivity index (χ2n) is 8.17. The first kappa shape index (κ1) is 25.4. The Morgan fingerprint density at radius 2 is 2.03 bits per heavy atom. The summed E-state index contributed by atoms with van der Waals surface area (Å²) in [5.41, 5.74) is 6.53. The van der Waals surface area contributed by atoms with Crippen molar-refractivity contribution in [2.75, 3.05) is 26.2 Å². The van der Waals surface area contributed by atoms with Crippen LogP contribution >= 0.6 is 0 Å². The molecule has 1 aliphatic heterocycles. The van der Waals surface area contributed by atoms with E-state index in [-0.39, 0.29) is 42.1 Å². The molecule has 32 heavy (non-hydrogen) atoms. The second kappa shape index (κ2) is 11.1. The number of hydrogen-bond donors (Lipinski definition) is 2. The van der Waals surface area contributed by atoms with Crippen LogP contribution in [-0.4, -0.2) is 66.0 Å². The van der Waals surface area contributed by atoms with Crippen LogP contribution in [0.1, 0.15) is 33.1 Å². The number of nitrogens with one attached hydrogen (secondary N) is 1. The Morgan fingerprint density at radius 3 is 2.56 bits per heavy atom. The number of benzene rings is 1. The van der Waals surface area contributed by atoms with Crippen LogP contribution < -0.4 is 4.91 Å². The van der Waals surface area contributed by atoms with Gasteiger partial charge in [-0.1, -0.05) is 13.8 Å². The zero-order valence-electron chi connectivity index (χ0n) is 18.1. The van der Waals surface area contributed by atoms with Gasteiger partial charge in [-0.15, -0.1) is 0 Å². The lowest BCUT2D eigenvalue weighted by Gasteiger charge is -2.32. The van der Waals surface area contributed by atoms with E-state index in [4.69, 9.17) is 5.53 Å². The first-order chi connectivity index (χ1) is 15.1. The van der Waals surface area contributed by atoms with E-state index in [0.29, 0.717) is 25.8 Å². The molecule has 176 valence electrons. The summed E-state index contributed by atoms with van der Waals surface area (Å²) in [7, 11) is -4.02. The molecule has 1 heterocycles. The van der Waals surface area contributed by atoms with Crippen LogP contribution in [-0.2, 0) is 10.0 Å². The third-order valence-corrected chi connectivity index (χ3v) is 7.47. The largest absolute Gasteiger partial charge is 0.465 e. The highest BCUT2D eigenvalue weighted by Gasteiger charge is 2.43. The summed E-state index contributed by atoms with van der Waals surface area (Å²) < 4.78 is 28.4. The summed E-state index contributed by atoms with van der Waals surface area (Å²) in [6.45, 7) is 4.70. The molecule has 0 unspecified atom stereocenters. The first-order valence-corrected chi connectivity index (χ1v) is 11.8. The monoisotopic (exact) mass is 469 g/mol. The van der Waals surface area contributed by atoms with Crippen molar-refractivity contribution in [2.24, 2.45) is 17.0 Å². The lowest BCUT2D eigenvalue weighted by molar-refractivity contribution is -0.384. The summed E-state index contributed by atoms with van der Waals surface area (Å²) in [5.74, 6) is -0.0236. The van der Waals surface area contributed by atoms with E-state index in [0.717, 1.165) is 12.1 Å². The van der Waals surface area contributed by atoms with Crippen LogP contribution in [0.15, 0.2) is 34.3 Å². The van der Waals surface area contributed by atoms with Gasteiger partial charge >= 0.3 is 6.09 Å². The molecule has 0 spiro atoms. The Kier molecular flexibility index (Phi) is 8.81. The van der Waals surface area contributed by atoms with Crippen molar-refractivity contribution in [1.29, 1.82) is 5.53 Å². The molecule has 0 aromatic heterocycles. The molecule has 13 heteroatoms. The van der Waals surface area contributed by atoms with Crippen LogP contribution in [0.2, 0.25) is 0 Å². The molecule has 0 aliphatic carbocycles. The second-order valence-corrected chi connectivity index (χ2v) is 10.1. The average Bonchev–Trinajstić information content (AvgIpc) is 3.15. The van der Waals surface area contributed by atoms with Gasteiger partial charge in [0, 0.05) is 37.8 Å². The minimum atomic E-state index is -4.02. The van der Waals surface area contributed by atoms with Crippen molar-refractivity contribution >= 4 is 21.8 Å². The van der Waals surface area contributed by atoms with Gasteiger partial charge in [-0.3, -0.25) is 10.1 Å². The molecule has 1 aromatic carbocycles. The number of sulfonamides is 1. The number of hydrogen-bond acceptors (Lipinski definition) is 7. The predicted molar refractivity (Wildman–Crippen MR) is 115 cm³/mol. The topological polar surface area (TPSA) is 171 Å². The minimum Gasteiger partial charge on any atom is -0.465 e. The molecular weight excluding hydrogens is 440 g/mol. The van der Waals surface area contributed by atoms with E-state index >= 15 is 0 Å². The van der Waals surface area contributed by atoms with Gasteiger partial charge in [0.2, 0.25) is 14.9 Å². The molecule has 12 nitrogen and oxygen atoms in total. The number of carbonyl (C=O) groups is 1. The van der Waals surface area contributed by atoms with Crippen LogP contribution in [0.3, 0.4) is 0 Å². The Labute approximate surface area is 186 Å². The maximum absolute atomic E-state index is 13.5. The van der Waals surface area contributed by atoms with Crippen LogP contribution in [0, 0.1) is 27.5 Å². The summed E-state index contributed by atoms with van der Waals surface area (Å²) in [5, 5.41) is 24.0. The highest BCUT2D eigenvalue weighted by Crippen LogP contribution is 2.31. The molecule has 2 rings (SSSR count). The number of nitrogens with zero attached hydrogens (tertiary/aromatic N) is 5. The van der Waals surface area contributed by atoms with Gasteiger partial charge in [-0.05, 0) is 43.2 Å².